The van der Waals surface area contributed by atoms with E-state index in [0.29, 0.717) is 0 Å². The van der Waals surface area contributed by atoms with Gasteiger partial charge in [0.05, 0.1) is 0 Å². The third-order valence-electron chi connectivity index (χ3n) is 0. The van der Waals surface area contributed by atoms with E-state index in [0.717, 1.165) is 0 Å². The molecule has 0 saturated carbocycles. The molecule has 0 fully saturated rings. The van der Waals surface area contributed by atoms with Crippen LogP contribution in [0.4, 0.5) is 0 Å². The minimum Gasteiger partial charge on any atom is -1.00 e. The van der Waals surface area contributed by atoms with Gasteiger partial charge in [-0.05, 0) is 0 Å². The number of rotatable bonds is 0. The quantitative estimate of drug-likeness (QED) is 0.396. The van der Waals surface area contributed by atoms with Crippen LogP contribution >= 0.6 is 0 Å². The van der Waals surface area contributed by atoms with Crippen LogP contribution in [0.3, 0.4) is 0 Å². The molecule has 0 aliphatic rings. The van der Waals surface area contributed by atoms with Crippen LogP contribution in [0.15, 0.2) is 0 Å². The summed E-state index contributed by atoms with van der Waals surface area (Å²) in [5.74, 6) is 0. The van der Waals surface area contributed by atoms with E-state index in [4.69, 9.17) is 0 Å². The standard InChI is InChI=1S/Bi.Ca.Li.Zn.6H/q;+2;+1;;;;;3*-1. The van der Waals surface area contributed by atoms with Crippen LogP contribution in [0.25, 0.3) is 0 Å². The average molecular weight is 327 g/mol. The molecule has 0 spiro atoms. The summed E-state index contributed by atoms with van der Waals surface area (Å²) in [5, 5.41) is 0. The molecule has 0 aromatic carbocycles. The molecule has 0 rings (SSSR count). The maximum atomic E-state index is 0. The Morgan fingerprint density at radius 1 is 1.25 bits per heavy atom. The van der Waals surface area contributed by atoms with Crippen molar-refractivity contribution in [2.45, 2.75) is 0 Å². The summed E-state index contributed by atoms with van der Waals surface area (Å²) in [4.78, 5) is 0. The Hall–Kier alpha value is 3.36. The molecule has 4 heavy (non-hydrogen) atoms. The van der Waals surface area contributed by atoms with Crippen molar-refractivity contribution in [2.75, 3.05) is 0 Å². The van der Waals surface area contributed by atoms with Crippen molar-refractivity contribution in [3.8, 4) is 0 Å². The predicted octanol–water partition coefficient (Wildman–Crippen LogP) is -4.23. The largest absolute Gasteiger partial charge is 2.00 e. The fourth-order valence-corrected chi connectivity index (χ4v) is 0. The molecule has 0 saturated heterocycles. The van der Waals surface area contributed by atoms with Crippen LogP contribution in [0, 0.1) is 0 Å². The Morgan fingerprint density at radius 2 is 1.25 bits per heavy atom. The van der Waals surface area contributed by atoms with Gasteiger partial charge in [0.1, 0.15) is 0 Å². The van der Waals surface area contributed by atoms with Gasteiger partial charge < -0.3 is 4.28 Å². The fraction of sp³-hybridized carbons (Fsp3) is 0. The molecule has 4 heteroatoms. The SMILES string of the molecule is [BiH3].[Ca+2].[H-].[H-].[H-].[Li+].[Zn]. The maximum absolute atomic E-state index is 0. The Morgan fingerprint density at radius 3 is 1.25 bits per heavy atom. The van der Waals surface area contributed by atoms with Gasteiger partial charge in [-0.3, -0.25) is 0 Å². The Kier molecular flexibility index (Phi) is 107. The Labute approximate surface area is 104 Å². The second kappa shape index (κ2) is 16.2. The average Bonchev–Trinajstić information content (AvgIpc) is 0. The zero-order chi connectivity index (χ0) is 0. The minimum atomic E-state index is 0. The molecule has 0 aromatic heterocycles. The smallest absolute Gasteiger partial charge is 1.00 e. The normalized spacial score (nSPS) is 0. The van der Waals surface area contributed by atoms with Gasteiger partial charge in [0.2, 0.25) is 0 Å². The van der Waals surface area contributed by atoms with Crippen LogP contribution < -0.4 is 18.9 Å². The van der Waals surface area contributed by atoms with Crippen molar-refractivity contribution in [1.29, 1.82) is 0 Å². The molecule has 0 amide bonds. The van der Waals surface area contributed by atoms with Crippen LogP contribution in [0.1, 0.15) is 4.28 Å². The third kappa shape index (κ3) is 9.03. The second-order valence-electron chi connectivity index (χ2n) is 0. The van der Waals surface area contributed by atoms with Crippen molar-refractivity contribution in [3.05, 3.63) is 0 Å². The van der Waals surface area contributed by atoms with E-state index in [-0.39, 0.29) is 107 Å². The van der Waals surface area contributed by atoms with Crippen molar-refractivity contribution in [1.82, 2.24) is 0 Å². The molecule has 0 atom stereocenters. The first-order chi connectivity index (χ1) is 0. The summed E-state index contributed by atoms with van der Waals surface area (Å²) >= 11 is 0. The van der Waals surface area contributed by atoms with Crippen LogP contribution in [0.5, 0.6) is 0 Å². The molecule has 0 bridgehead atoms. The molecule has 0 N–H and O–H groups in total. The van der Waals surface area contributed by atoms with Gasteiger partial charge in [-0.2, -0.15) is 0 Å². The van der Waals surface area contributed by atoms with Gasteiger partial charge in [0, 0.05) is 19.5 Å². The van der Waals surface area contributed by atoms with E-state index < -0.39 is 0 Å². The Bertz CT molecular complexity index is 14.9. The second-order valence-corrected chi connectivity index (χ2v) is 0. The topological polar surface area (TPSA) is 0 Å². The van der Waals surface area contributed by atoms with E-state index in [2.05, 4.69) is 0 Å². The summed E-state index contributed by atoms with van der Waals surface area (Å²) < 4.78 is 0. The molecular weight excluding hydrogens is 321 g/mol. The van der Waals surface area contributed by atoms with Gasteiger partial charge >= 0.3 is 82.8 Å². The first-order valence-electron chi connectivity index (χ1n) is 0. The van der Waals surface area contributed by atoms with E-state index in [1.54, 1.807) is 0 Å². The van der Waals surface area contributed by atoms with Gasteiger partial charge in [0.25, 0.3) is 0 Å². The zero-order valence-electron chi connectivity index (χ0n) is 6.12. The molecular formula is H6BiCaLiZn. The maximum Gasteiger partial charge on any atom is 2.00 e. The molecule has 16 valence electrons. The van der Waals surface area contributed by atoms with Crippen LogP contribution in [-0.2, 0) is 19.5 Å². The third-order valence-corrected chi connectivity index (χ3v) is 0. The molecule has 0 radical (unpaired) electrons. The molecule has 0 nitrogen and oxygen atoms in total. The molecule has 0 aliphatic heterocycles. The summed E-state index contributed by atoms with van der Waals surface area (Å²) in [6, 6.07) is 0. The van der Waals surface area contributed by atoms with Gasteiger partial charge in [-0.15, -0.1) is 0 Å². The van der Waals surface area contributed by atoms with E-state index in [1.807, 2.05) is 0 Å². The van der Waals surface area contributed by atoms with E-state index in [9.17, 15) is 0 Å². The van der Waals surface area contributed by atoms with Crippen molar-refractivity contribution in [2.24, 2.45) is 0 Å². The predicted molar refractivity (Wildman–Crippen MR) is 19.0 cm³/mol. The molecule has 0 heterocycles. The van der Waals surface area contributed by atoms with Gasteiger partial charge in [-0.1, -0.05) is 0 Å². The van der Waals surface area contributed by atoms with Gasteiger partial charge in [0.15, 0.2) is 0 Å². The van der Waals surface area contributed by atoms with E-state index in [1.165, 1.54) is 0 Å². The fourth-order valence-electron chi connectivity index (χ4n) is 0. The molecule has 0 aliphatic carbocycles. The van der Waals surface area contributed by atoms with Gasteiger partial charge in [-0.25, -0.2) is 0 Å². The number of hydrogen-bond donors (Lipinski definition) is 0. The first kappa shape index (κ1) is 26.4. The summed E-state index contributed by atoms with van der Waals surface area (Å²) in [5.41, 5.74) is 0. The first-order valence-corrected chi connectivity index (χ1v) is 0. The molecule has 0 unspecified atom stereocenters. The minimum absolute atomic E-state index is 0. The zero-order valence-corrected chi connectivity index (χ0v) is 13.8. The number of hydrogen-bond acceptors (Lipinski definition) is 0. The monoisotopic (exact) mass is 326 g/mol. The Balaban J connectivity index is 0. The summed E-state index contributed by atoms with van der Waals surface area (Å²) in [6.07, 6.45) is 0. The van der Waals surface area contributed by atoms with E-state index >= 15 is 0 Å². The van der Waals surface area contributed by atoms with Crippen molar-refractivity contribution < 1.29 is 42.6 Å². The van der Waals surface area contributed by atoms with Crippen molar-refractivity contribution >= 4 is 63.9 Å². The van der Waals surface area contributed by atoms with Crippen LogP contribution in [-0.4, -0.2) is 63.9 Å². The van der Waals surface area contributed by atoms with Crippen LogP contribution in [0.2, 0.25) is 0 Å². The molecule has 0 aromatic rings. The summed E-state index contributed by atoms with van der Waals surface area (Å²) in [6.45, 7) is 0. The summed E-state index contributed by atoms with van der Waals surface area (Å²) in [7, 11) is 0. The van der Waals surface area contributed by atoms with Crippen molar-refractivity contribution in [3.63, 3.8) is 0 Å².